The number of H-pyrrole nitrogens is 1. The second-order valence-corrected chi connectivity index (χ2v) is 5.13. The molecule has 0 spiro atoms. The number of carbonyl (C=O) groups excluding carboxylic acids is 1. The number of nitrogens with one attached hydrogen (secondary N) is 1. The van der Waals surface area contributed by atoms with Gasteiger partial charge >= 0.3 is 0 Å². The zero-order chi connectivity index (χ0) is 14.1. The smallest absolute Gasteiger partial charge is 0.289 e. The van der Waals surface area contributed by atoms with Crippen molar-refractivity contribution < 1.29 is 4.79 Å². The lowest BCUT2D eigenvalue weighted by molar-refractivity contribution is 0.0770. The third kappa shape index (κ3) is 2.18. The fraction of sp³-hybridized carbons (Fsp3) is 0.500. The Hall–Kier alpha value is -2.22. The minimum Gasteiger partial charge on any atom is -0.341 e. The Bertz CT molecular complexity index is 563. The van der Waals surface area contributed by atoms with Crippen LogP contribution in [0.3, 0.4) is 0 Å². The van der Waals surface area contributed by atoms with Crippen molar-refractivity contribution in [3.8, 4) is 0 Å². The van der Waals surface area contributed by atoms with Gasteiger partial charge in [0.25, 0.3) is 5.91 Å². The van der Waals surface area contributed by atoms with E-state index in [1.165, 1.54) is 0 Å². The van der Waals surface area contributed by atoms with Crippen LogP contribution in [0.1, 0.15) is 16.7 Å². The predicted octanol–water partition coefficient (Wildman–Crippen LogP) is -0.372. The van der Waals surface area contributed by atoms with Crippen molar-refractivity contribution in [3.63, 3.8) is 0 Å². The summed E-state index contributed by atoms with van der Waals surface area (Å²) in [5, 5.41) is 7.92. The molecule has 2 aromatic heterocycles. The summed E-state index contributed by atoms with van der Waals surface area (Å²) in [6.45, 7) is 1.25. The van der Waals surface area contributed by atoms with E-state index in [1.54, 1.807) is 23.5 Å². The molecule has 8 heteroatoms. The van der Waals surface area contributed by atoms with Gasteiger partial charge in [-0.15, -0.1) is 5.10 Å². The van der Waals surface area contributed by atoms with Crippen LogP contribution in [0.2, 0.25) is 0 Å². The monoisotopic (exact) mass is 275 g/mol. The number of likely N-dealkylation sites (N-methyl/N-ethyl adjacent to an activating group) is 1. The maximum absolute atomic E-state index is 12.4. The van der Waals surface area contributed by atoms with Crippen molar-refractivity contribution in [2.45, 2.75) is 12.1 Å². The fourth-order valence-corrected chi connectivity index (χ4v) is 2.63. The maximum atomic E-state index is 12.4. The zero-order valence-electron chi connectivity index (χ0n) is 11.5. The van der Waals surface area contributed by atoms with Crippen LogP contribution >= 0.6 is 0 Å². The number of carbonyl (C=O) groups is 1. The Balaban J connectivity index is 1.81. The molecule has 0 aliphatic carbocycles. The summed E-state index contributed by atoms with van der Waals surface area (Å²) in [5.41, 5.74) is 0. The molecule has 0 aromatic carbocycles. The van der Waals surface area contributed by atoms with Crippen LogP contribution in [0.15, 0.2) is 24.8 Å². The number of nitrogens with zero attached hydrogens (tertiary/aromatic N) is 6. The van der Waals surface area contributed by atoms with Gasteiger partial charge in [-0.05, 0) is 14.1 Å². The van der Waals surface area contributed by atoms with Crippen LogP contribution in [0.5, 0.6) is 0 Å². The van der Waals surface area contributed by atoms with E-state index in [0.29, 0.717) is 18.9 Å². The summed E-state index contributed by atoms with van der Waals surface area (Å²) in [6.07, 6.45) is 6.73. The molecule has 106 valence electrons. The van der Waals surface area contributed by atoms with Gasteiger partial charge in [-0.3, -0.25) is 4.79 Å². The Morgan fingerprint density at radius 2 is 2.25 bits per heavy atom. The summed E-state index contributed by atoms with van der Waals surface area (Å²) < 4.78 is 1.82. The molecule has 3 rings (SSSR count). The highest BCUT2D eigenvalue weighted by atomic mass is 16.2. The molecule has 20 heavy (non-hydrogen) atoms. The molecule has 0 radical (unpaired) electrons. The molecule has 1 aliphatic rings. The summed E-state index contributed by atoms with van der Waals surface area (Å²) in [7, 11) is 4.02. The SMILES string of the molecule is CN(C)[C@@H]1CN(C(=O)c2ncc[nH]2)C[C@@H]1n1ccnn1. The molecule has 0 bridgehead atoms. The van der Waals surface area contributed by atoms with Crippen molar-refractivity contribution >= 4 is 5.91 Å². The van der Waals surface area contributed by atoms with Gasteiger partial charge in [-0.25, -0.2) is 9.67 Å². The van der Waals surface area contributed by atoms with Crippen molar-refractivity contribution in [2.75, 3.05) is 27.2 Å². The third-order valence-corrected chi connectivity index (χ3v) is 3.69. The number of hydrogen-bond donors (Lipinski definition) is 1. The number of likely N-dealkylation sites (tertiary alicyclic amines) is 1. The van der Waals surface area contributed by atoms with Crippen molar-refractivity contribution in [3.05, 3.63) is 30.6 Å². The van der Waals surface area contributed by atoms with Gasteiger partial charge in [-0.2, -0.15) is 0 Å². The standard InChI is InChI=1S/C12H17N7O/c1-17(2)9-7-18(12(20)11-13-3-4-14-11)8-10(9)19-6-5-15-16-19/h3-6,9-10H,7-8H2,1-2H3,(H,13,14)/t9-,10+/m1/s1. The number of hydrogen-bond acceptors (Lipinski definition) is 5. The van der Waals surface area contributed by atoms with Crippen LogP contribution in [-0.2, 0) is 0 Å². The summed E-state index contributed by atoms with van der Waals surface area (Å²) in [4.78, 5) is 23.2. The predicted molar refractivity (Wildman–Crippen MR) is 71.0 cm³/mol. The van der Waals surface area contributed by atoms with Gasteiger partial charge in [-0.1, -0.05) is 5.21 Å². The molecular weight excluding hydrogens is 258 g/mol. The first-order valence-electron chi connectivity index (χ1n) is 6.47. The molecule has 0 unspecified atom stereocenters. The Labute approximate surface area is 116 Å². The van der Waals surface area contributed by atoms with Crippen molar-refractivity contribution in [2.24, 2.45) is 0 Å². The molecule has 1 fully saturated rings. The fourth-order valence-electron chi connectivity index (χ4n) is 2.63. The normalized spacial score (nSPS) is 22.6. The summed E-state index contributed by atoms with van der Waals surface area (Å²) in [6, 6.07) is 0.307. The van der Waals surface area contributed by atoms with Gasteiger partial charge in [0.15, 0.2) is 5.82 Å². The second kappa shape index (κ2) is 5.04. The Morgan fingerprint density at radius 1 is 1.40 bits per heavy atom. The number of imidazole rings is 1. The van der Waals surface area contributed by atoms with E-state index in [9.17, 15) is 4.79 Å². The average molecular weight is 275 g/mol. The van der Waals surface area contributed by atoms with Crippen LogP contribution < -0.4 is 0 Å². The summed E-state index contributed by atoms with van der Waals surface area (Å²) >= 11 is 0. The van der Waals surface area contributed by atoms with E-state index in [1.807, 2.05) is 25.0 Å². The van der Waals surface area contributed by atoms with Crippen LogP contribution in [-0.4, -0.2) is 73.9 Å². The summed E-state index contributed by atoms with van der Waals surface area (Å²) in [5.74, 6) is 0.297. The molecule has 8 nitrogen and oxygen atoms in total. The van der Waals surface area contributed by atoms with Crippen molar-refractivity contribution in [1.29, 1.82) is 0 Å². The van der Waals surface area contributed by atoms with Gasteiger partial charge in [0.2, 0.25) is 0 Å². The highest BCUT2D eigenvalue weighted by Gasteiger charge is 2.38. The molecule has 1 amide bonds. The number of aromatic amines is 1. The molecule has 2 atom stereocenters. The molecule has 2 aromatic rings. The molecular formula is C12H17N7O. The average Bonchev–Trinajstić information content (AvgIpc) is 3.17. The third-order valence-electron chi connectivity index (χ3n) is 3.69. The first-order valence-corrected chi connectivity index (χ1v) is 6.47. The molecule has 1 aliphatic heterocycles. The molecule has 0 saturated carbocycles. The van der Waals surface area contributed by atoms with E-state index in [4.69, 9.17) is 0 Å². The van der Waals surface area contributed by atoms with E-state index < -0.39 is 0 Å². The largest absolute Gasteiger partial charge is 0.341 e. The van der Waals surface area contributed by atoms with Gasteiger partial charge < -0.3 is 14.8 Å². The second-order valence-electron chi connectivity index (χ2n) is 5.13. The molecule has 1 N–H and O–H groups in total. The lowest BCUT2D eigenvalue weighted by atomic mass is 10.1. The van der Waals surface area contributed by atoms with Crippen LogP contribution in [0.4, 0.5) is 0 Å². The first-order chi connectivity index (χ1) is 9.66. The minimum absolute atomic E-state index is 0.0792. The number of aromatic nitrogens is 5. The lowest BCUT2D eigenvalue weighted by Gasteiger charge is -2.24. The lowest BCUT2D eigenvalue weighted by Crippen LogP contribution is -2.37. The van der Waals surface area contributed by atoms with Crippen LogP contribution in [0.25, 0.3) is 0 Å². The van der Waals surface area contributed by atoms with Gasteiger partial charge in [0.1, 0.15) is 0 Å². The Morgan fingerprint density at radius 3 is 2.85 bits per heavy atom. The van der Waals surface area contributed by atoms with Gasteiger partial charge in [0.05, 0.1) is 18.3 Å². The first kappa shape index (κ1) is 12.8. The van der Waals surface area contributed by atoms with E-state index in [0.717, 1.165) is 0 Å². The van der Waals surface area contributed by atoms with E-state index >= 15 is 0 Å². The molecule has 1 saturated heterocycles. The highest BCUT2D eigenvalue weighted by Crippen LogP contribution is 2.25. The minimum atomic E-state index is -0.0792. The zero-order valence-corrected chi connectivity index (χ0v) is 11.5. The topological polar surface area (TPSA) is 82.9 Å². The Kier molecular flexibility index (Phi) is 3.23. The van der Waals surface area contributed by atoms with Crippen molar-refractivity contribution in [1.82, 2.24) is 34.8 Å². The van der Waals surface area contributed by atoms with E-state index in [-0.39, 0.29) is 18.0 Å². The van der Waals surface area contributed by atoms with Gasteiger partial charge in [0, 0.05) is 31.7 Å². The highest BCUT2D eigenvalue weighted by molar-refractivity contribution is 5.90. The van der Waals surface area contributed by atoms with E-state index in [2.05, 4.69) is 25.2 Å². The maximum Gasteiger partial charge on any atom is 0.289 e. The van der Waals surface area contributed by atoms with Crippen LogP contribution in [0, 0.1) is 0 Å². The number of rotatable bonds is 3. The number of amides is 1. The molecule has 3 heterocycles. The quantitative estimate of drug-likeness (QED) is 0.826.